The van der Waals surface area contributed by atoms with Gasteiger partial charge in [-0.15, -0.1) is 0 Å². The Bertz CT molecular complexity index is 496. The van der Waals surface area contributed by atoms with E-state index in [-0.39, 0.29) is 24.5 Å². The van der Waals surface area contributed by atoms with Crippen LogP contribution < -0.4 is 0 Å². The number of amides is 1. The minimum absolute atomic E-state index is 0.00509. The number of rotatable bonds is 4. The van der Waals surface area contributed by atoms with E-state index >= 15 is 0 Å². The van der Waals surface area contributed by atoms with Crippen LogP contribution in [0.1, 0.15) is 25.3 Å². The first-order valence-corrected chi connectivity index (χ1v) is 6.83. The molecule has 1 fully saturated rings. The summed E-state index contributed by atoms with van der Waals surface area (Å²) in [5, 5.41) is 0. The van der Waals surface area contributed by atoms with Gasteiger partial charge in [-0.05, 0) is 31.4 Å². The molecule has 0 aromatic heterocycles. The van der Waals surface area contributed by atoms with Crippen molar-refractivity contribution >= 4 is 11.9 Å². The van der Waals surface area contributed by atoms with Gasteiger partial charge in [0.25, 0.3) is 0 Å². The molecule has 0 unspecified atom stereocenters. The van der Waals surface area contributed by atoms with Gasteiger partial charge in [0.05, 0.1) is 6.04 Å². The first-order valence-electron chi connectivity index (χ1n) is 6.83. The van der Waals surface area contributed by atoms with Crippen molar-refractivity contribution in [3.63, 3.8) is 0 Å². The van der Waals surface area contributed by atoms with Crippen LogP contribution in [0.4, 0.5) is 4.79 Å². The highest BCUT2D eigenvalue weighted by Gasteiger charge is 2.27. The topological polar surface area (TPSA) is 46.6 Å². The molecule has 0 radical (unpaired) electrons. The van der Waals surface area contributed by atoms with Crippen LogP contribution in [0.2, 0.25) is 0 Å². The molecule has 0 spiro atoms. The summed E-state index contributed by atoms with van der Waals surface area (Å²) in [5.74, 6) is -0.00509. The predicted octanol–water partition coefficient (Wildman–Crippen LogP) is 2.93. The van der Waals surface area contributed by atoms with Gasteiger partial charge in [-0.25, -0.2) is 4.79 Å². The fourth-order valence-electron chi connectivity index (χ4n) is 2.27. The molecule has 1 saturated heterocycles. The van der Waals surface area contributed by atoms with Crippen molar-refractivity contribution in [1.82, 2.24) is 4.90 Å². The van der Waals surface area contributed by atoms with Crippen molar-refractivity contribution in [2.24, 2.45) is 0 Å². The average Bonchev–Trinajstić information content (AvgIpc) is 2.92. The van der Waals surface area contributed by atoms with Crippen LogP contribution in [0.15, 0.2) is 42.5 Å². The summed E-state index contributed by atoms with van der Waals surface area (Å²) < 4.78 is 5.32. The minimum atomic E-state index is -0.315. The lowest BCUT2D eigenvalue weighted by atomic mass is 10.2. The normalized spacial score (nSPS) is 18.4. The van der Waals surface area contributed by atoms with Crippen molar-refractivity contribution < 1.29 is 14.3 Å². The van der Waals surface area contributed by atoms with E-state index in [0.717, 1.165) is 18.4 Å². The van der Waals surface area contributed by atoms with Crippen LogP contribution in [0.3, 0.4) is 0 Å². The van der Waals surface area contributed by atoms with E-state index in [9.17, 15) is 9.59 Å². The minimum Gasteiger partial charge on any atom is -0.445 e. The van der Waals surface area contributed by atoms with Gasteiger partial charge in [-0.1, -0.05) is 36.4 Å². The Hall–Kier alpha value is -2.10. The van der Waals surface area contributed by atoms with Crippen LogP contribution in [0.25, 0.3) is 0 Å². The molecule has 1 heterocycles. The zero-order valence-corrected chi connectivity index (χ0v) is 11.6. The Labute approximate surface area is 119 Å². The molecular formula is C16H19NO3. The van der Waals surface area contributed by atoms with Gasteiger partial charge >= 0.3 is 6.09 Å². The maximum Gasteiger partial charge on any atom is 0.410 e. The van der Waals surface area contributed by atoms with E-state index in [2.05, 4.69) is 0 Å². The summed E-state index contributed by atoms with van der Waals surface area (Å²) in [6.45, 7) is 2.46. The molecule has 1 amide bonds. The number of carbonyl (C=O) groups excluding carboxylic acids is 2. The summed E-state index contributed by atoms with van der Waals surface area (Å²) in [6, 6.07) is 9.57. The standard InChI is InChI=1S/C16H19NO3/c1-13(18)9-10-15-8-5-11-17(15)16(19)20-12-14-6-3-2-4-7-14/h2-4,6-7,9-10,15H,5,8,11-12H2,1H3/b10-9+/t15-/m0/s1. The molecule has 4 heteroatoms. The smallest absolute Gasteiger partial charge is 0.410 e. The molecule has 1 atom stereocenters. The van der Waals surface area contributed by atoms with Crippen LogP contribution in [-0.4, -0.2) is 29.4 Å². The van der Waals surface area contributed by atoms with Crippen molar-refractivity contribution in [1.29, 1.82) is 0 Å². The number of hydrogen-bond acceptors (Lipinski definition) is 3. The molecular weight excluding hydrogens is 254 g/mol. The van der Waals surface area contributed by atoms with Gasteiger partial charge in [-0.2, -0.15) is 0 Å². The summed E-state index contributed by atoms with van der Waals surface area (Å²) in [7, 11) is 0. The Morgan fingerprint density at radius 2 is 2.10 bits per heavy atom. The first kappa shape index (κ1) is 14.3. The van der Waals surface area contributed by atoms with E-state index in [1.54, 1.807) is 11.0 Å². The Kier molecular flexibility index (Phi) is 4.93. The van der Waals surface area contributed by atoms with E-state index in [4.69, 9.17) is 4.74 Å². The molecule has 20 heavy (non-hydrogen) atoms. The Morgan fingerprint density at radius 3 is 2.80 bits per heavy atom. The maximum atomic E-state index is 12.1. The molecule has 1 aromatic rings. The molecule has 0 aliphatic carbocycles. The second-order valence-electron chi connectivity index (χ2n) is 4.91. The van der Waals surface area contributed by atoms with Gasteiger partial charge in [0, 0.05) is 6.54 Å². The fourth-order valence-corrected chi connectivity index (χ4v) is 2.27. The number of nitrogens with zero attached hydrogens (tertiary/aromatic N) is 1. The first-order chi connectivity index (χ1) is 9.66. The van der Waals surface area contributed by atoms with E-state index in [1.807, 2.05) is 30.3 Å². The largest absolute Gasteiger partial charge is 0.445 e. The molecule has 1 aliphatic rings. The molecule has 0 saturated carbocycles. The van der Waals surface area contributed by atoms with Gasteiger partial charge in [0.1, 0.15) is 6.61 Å². The van der Waals surface area contributed by atoms with Gasteiger partial charge < -0.3 is 9.64 Å². The summed E-state index contributed by atoms with van der Waals surface area (Å²) in [5.41, 5.74) is 0.968. The van der Waals surface area contributed by atoms with Gasteiger partial charge in [0.2, 0.25) is 0 Å². The van der Waals surface area contributed by atoms with Crippen LogP contribution >= 0.6 is 0 Å². The zero-order chi connectivity index (χ0) is 14.4. The predicted molar refractivity (Wildman–Crippen MR) is 76.2 cm³/mol. The van der Waals surface area contributed by atoms with E-state index < -0.39 is 0 Å². The number of ether oxygens (including phenoxy) is 1. The highest BCUT2D eigenvalue weighted by atomic mass is 16.6. The van der Waals surface area contributed by atoms with Crippen LogP contribution in [0, 0.1) is 0 Å². The SMILES string of the molecule is CC(=O)/C=C/[C@@H]1CCCN1C(=O)OCc1ccccc1. The zero-order valence-electron chi connectivity index (χ0n) is 11.6. The molecule has 2 rings (SSSR count). The van der Waals surface area contributed by atoms with Crippen molar-refractivity contribution in [2.75, 3.05) is 6.54 Å². The van der Waals surface area contributed by atoms with E-state index in [0.29, 0.717) is 6.54 Å². The summed E-state index contributed by atoms with van der Waals surface area (Å²) in [6.07, 6.45) is 4.81. The third-order valence-electron chi connectivity index (χ3n) is 3.29. The number of carbonyl (C=O) groups is 2. The average molecular weight is 273 g/mol. The molecule has 4 nitrogen and oxygen atoms in total. The van der Waals surface area contributed by atoms with Crippen LogP contribution in [0.5, 0.6) is 0 Å². The van der Waals surface area contributed by atoms with Gasteiger partial charge in [-0.3, -0.25) is 4.79 Å². The number of ketones is 1. The monoisotopic (exact) mass is 273 g/mol. The molecule has 1 aliphatic heterocycles. The summed E-state index contributed by atoms with van der Waals surface area (Å²) in [4.78, 5) is 24.7. The molecule has 1 aromatic carbocycles. The van der Waals surface area contributed by atoms with Gasteiger partial charge in [0.15, 0.2) is 5.78 Å². The number of likely N-dealkylation sites (tertiary alicyclic amines) is 1. The highest BCUT2D eigenvalue weighted by Crippen LogP contribution is 2.19. The Morgan fingerprint density at radius 1 is 1.35 bits per heavy atom. The van der Waals surface area contributed by atoms with E-state index in [1.165, 1.54) is 13.0 Å². The maximum absolute atomic E-state index is 12.1. The van der Waals surface area contributed by atoms with Crippen molar-refractivity contribution in [3.8, 4) is 0 Å². The Balaban J connectivity index is 1.89. The fraction of sp³-hybridized carbons (Fsp3) is 0.375. The lowest BCUT2D eigenvalue weighted by molar-refractivity contribution is -0.112. The third-order valence-corrected chi connectivity index (χ3v) is 3.29. The highest BCUT2D eigenvalue weighted by molar-refractivity contribution is 5.87. The molecule has 0 bridgehead atoms. The summed E-state index contributed by atoms with van der Waals surface area (Å²) >= 11 is 0. The number of benzene rings is 1. The second kappa shape index (κ2) is 6.89. The lowest BCUT2D eigenvalue weighted by Gasteiger charge is -2.21. The van der Waals surface area contributed by atoms with Crippen molar-refractivity contribution in [3.05, 3.63) is 48.0 Å². The number of hydrogen-bond donors (Lipinski definition) is 0. The second-order valence-corrected chi connectivity index (χ2v) is 4.91. The van der Waals surface area contributed by atoms with Crippen molar-refractivity contribution in [2.45, 2.75) is 32.4 Å². The third kappa shape index (κ3) is 3.95. The molecule has 106 valence electrons. The molecule has 0 N–H and O–H groups in total. The number of allylic oxidation sites excluding steroid dienone is 1. The van der Waals surface area contributed by atoms with Crippen LogP contribution in [-0.2, 0) is 16.1 Å². The quantitative estimate of drug-likeness (QED) is 0.792. The lowest BCUT2D eigenvalue weighted by Crippen LogP contribution is -2.34.